The fourth-order valence-corrected chi connectivity index (χ4v) is 2.36. The average Bonchev–Trinajstić information content (AvgIpc) is 2.33. The number of nitriles is 1. The van der Waals surface area contributed by atoms with Gasteiger partial charge in [0.05, 0.1) is 12.2 Å². The Labute approximate surface area is 116 Å². The standard InChI is InChI=1S/C15H26N2O2/c1-11-7-5-6-8-12(11)19-10-14(18)17-13(9-16)15(2,3)4/h11-13H,5-8,10H2,1-4H3,(H,17,18)/t11-,12+,13+/m1/s1. The van der Waals surface area contributed by atoms with Crippen LogP contribution in [0.25, 0.3) is 0 Å². The van der Waals surface area contributed by atoms with Crippen molar-refractivity contribution in [3.05, 3.63) is 0 Å². The molecule has 1 aliphatic rings. The summed E-state index contributed by atoms with van der Waals surface area (Å²) in [5, 5.41) is 11.8. The molecule has 0 bridgehead atoms. The molecule has 0 aromatic carbocycles. The van der Waals surface area contributed by atoms with Crippen molar-refractivity contribution in [2.45, 2.75) is 65.5 Å². The minimum Gasteiger partial charge on any atom is -0.368 e. The maximum atomic E-state index is 11.8. The summed E-state index contributed by atoms with van der Waals surface area (Å²) in [6, 6.07) is 1.65. The van der Waals surface area contributed by atoms with E-state index >= 15 is 0 Å². The van der Waals surface area contributed by atoms with Crippen LogP contribution in [0.15, 0.2) is 0 Å². The zero-order valence-electron chi connectivity index (χ0n) is 12.5. The lowest BCUT2D eigenvalue weighted by Crippen LogP contribution is -2.44. The van der Waals surface area contributed by atoms with Gasteiger partial charge in [-0.25, -0.2) is 0 Å². The van der Waals surface area contributed by atoms with Gasteiger partial charge in [-0.3, -0.25) is 4.79 Å². The maximum Gasteiger partial charge on any atom is 0.247 e. The molecule has 4 nitrogen and oxygen atoms in total. The molecule has 0 heterocycles. The first kappa shape index (κ1) is 16.0. The molecule has 1 aliphatic carbocycles. The first-order valence-electron chi connectivity index (χ1n) is 7.15. The van der Waals surface area contributed by atoms with Crippen LogP contribution in [0, 0.1) is 22.7 Å². The van der Waals surface area contributed by atoms with E-state index < -0.39 is 6.04 Å². The number of hydrogen-bond acceptors (Lipinski definition) is 3. The number of ether oxygens (including phenoxy) is 1. The molecule has 0 unspecified atom stereocenters. The molecule has 1 saturated carbocycles. The Morgan fingerprint density at radius 1 is 1.42 bits per heavy atom. The highest BCUT2D eigenvalue weighted by Gasteiger charge is 2.27. The minimum absolute atomic E-state index is 0.0588. The summed E-state index contributed by atoms with van der Waals surface area (Å²) >= 11 is 0. The SMILES string of the molecule is C[C@@H]1CCCC[C@@H]1OCC(=O)N[C@@H](C#N)C(C)(C)C. The summed E-state index contributed by atoms with van der Waals surface area (Å²) in [4.78, 5) is 11.8. The van der Waals surface area contributed by atoms with Crippen molar-refractivity contribution in [1.82, 2.24) is 5.32 Å². The van der Waals surface area contributed by atoms with Gasteiger partial charge in [-0.15, -0.1) is 0 Å². The molecule has 1 fully saturated rings. The molecule has 4 heteroatoms. The number of hydrogen-bond donors (Lipinski definition) is 1. The van der Waals surface area contributed by atoms with E-state index in [1.807, 2.05) is 20.8 Å². The van der Waals surface area contributed by atoms with Gasteiger partial charge in [0.25, 0.3) is 0 Å². The van der Waals surface area contributed by atoms with E-state index in [1.54, 1.807) is 0 Å². The summed E-state index contributed by atoms with van der Waals surface area (Å²) in [5.74, 6) is 0.329. The molecule has 1 N–H and O–H groups in total. The van der Waals surface area contributed by atoms with Gasteiger partial charge in [0, 0.05) is 0 Å². The van der Waals surface area contributed by atoms with Crippen molar-refractivity contribution in [3.63, 3.8) is 0 Å². The lowest BCUT2D eigenvalue weighted by atomic mass is 9.87. The van der Waals surface area contributed by atoms with E-state index in [4.69, 9.17) is 10.00 Å². The van der Waals surface area contributed by atoms with Crippen LogP contribution in [0.4, 0.5) is 0 Å². The third-order valence-corrected chi connectivity index (χ3v) is 3.76. The fourth-order valence-electron chi connectivity index (χ4n) is 2.36. The molecule has 0 aromatic heterocycles. The van der Waals surface area contributed by atoms with Crippen molar-refractivity contribution in [2.24, 2.45) is 11.3 Å². The average molecular weight is 266 g/mol. The minimum atomic E-state index is -0.479. The summed E-state index contributed by atoms with van der Waals surface area (Å²) < 4.78 is 5.69. The Kier molecular flexibility index (Phi) is 5.81. The molecule has 1 amide bonds. The Balaban J connectivity index is 2.37. The molecule has 19 heavy (non-hydrogen) atoms. The number of amides is 1. The molecular weight excluding hydrogens is 240 g/mol. The summed E-state index contributed by atoms with van der Waals surface area (Å²) in [7, 11) is 0. The molecule has 0 radical (unpaired) electrons. The van der Waals surface area contributed by atoms with Crippen molar-refractivity contribution >= 4 is 5.91 Å². The summed E-state index contributed by atoms with van der Waals surface area (Å²) in [6.45, 7) is 8.04. The molecule has 108 valence electrons. The maximum absolute atomic E-state index is 11.8. The Bertz CT molecular complexity index is 341. The van der Waals surface area contributed by atoms with Crippen LogP contribution < -0.4 is 5.32 Å². The van der Waals surface area contributed by atoms with E-state index in [0.29, 0.717) is 5.92 Å². The van der Waals surface area contributed by atoms with Crippen LogP contribution in [0.2, 0.25) is 0 Å². The summed E-state index contributed by atoms with van der Waals surface area (Å²) in [6.07, 6.45) is 4.84. The molecule has 0 aromatic rings. The lowest BCUT2D eigenvalue weighted by molar-refractivity contribution is -0.130. The van der Waals surface area contributed by atoms with Crippen molar-refractivity contribution < 1.29 is 9.53 Å². The normalized spacial score (nSPS) is 25.4. The Hall–Kier alpha value is -1.08. The molecular formula is C15H26N2O2. The number of carbonyl (C=O) groups is 1. The third-order valence-electron chi connectivity index (χ3n) is 3.76. The highest BCUT2D eigenvalue weighted by molar-refractivity contribution is 5.78. The number of rotatable bonds is 4. The van der Waals surface area contributed by atoms with Gasteiger partial charge in [0.2, 0.25) is 5.91 Å². The second-order valence-corrected chi connectivity index (χ2v) is 6.61. The van der Waals surface area contributed by atoms with Crippen LogP contribution in [0.5, 0.6) is 0 Å². The molecule has 0 saturated heterocycles. The van der Waals surface area contributed by atoms with Crippen molar-refractivity contribution in [1.29, 1.82) is 5.26 Å². The summed E-state index contributed by atoms with van der Waals surface area (Å²) in [5.41, 5.74) is -0.261. The molecule has 0 aliphatic heterocycles. The largest absolute Gasteiger partial charge is 0.368 e. The Morgan fingerprint density at radius 2 is 2.05 bits per heavy atom. The van der Waals surface area contributed by atoms with Crippen LogP contribution in [0.3, 0.4) is 0 Å². The van der Waals surface area contributed by atoms with Gasteiger partial charge in [-0.05, 0) is 24.2 Å². The van der Waals surface area contributed by atoms with E-state index in [0.717, 1.165) is 6.42 Å². The smallest absolute Gasteiger partial charge is 0.247 e. The van der Waals surface area contributed by atoms with Crippen molar-refractivity contribution in [3.8, 4) is 6.07 Å². The predicted octanol–water partition coefficient (Wildman–Crippen LogP) is 2.64. The number of nitrogens with one attached hydrogen (secondary N) is 1. The highest BCUT2D eigenvalue weighted by Crippen LogP contribution is 2.26. The quantitative estimate of drug-likeness (QED) is 0.851. The van der Waals surface area contributed by atoms with Gasteiger partial charge >= 0.3 is 0 Å². The third kappa shape index (κ3) is 5.20. The van der Waals surface area contributed by atoms with E-state index in [1.165, 1.54) is 19.3 Å². The van der Waals surface area contributed by atoms with E-state index in [-0.39, 0.29) is 24.0 Å². The number of nitrogens with zero attached hydrogens (tertiary/aromatic N) is 1. The van der Waals surface area contributed by atoms with Gasteiger partial charge in [0.1, 0.15) is 12.6 Å². The lowest BCUT2D eigenvalue weighted by Gasteiger charge is -2.29. The van der Waals surface area contributed by atoms with Crippen LogP contribution in [-0.4, -0.2) is 24.7 Å². The predicted molar refractivity (Wildman–Crippen MR) is 74.4 cm³/mol. The Morgan fingerprint density at radius 3 is 2.58 bits per heavy atom. The number of carbonyl (C=O) groups excluding carboxylic acids is 1. The van der Waals surface area contributed by atoms with Gasteiger partial charge in [0.15, 0.2) is 0 Å². The second kappa shape index (κ2) is 6.91. The first-order valence-corrected chi connectivity index (χ1v) is 7.15. The van der Waals surface area contributed by atoms with E-state index in [2.05, 4.69) is 18.3 Å². The topological polar surface area (TPSA) is 62.1 Å². The van der Waals surface area contributed by atoms with Gasteiger partial charge in [-0.2, -0.15) is 5.26 Å². The van der Waals surface area contributed by atoms with E-state index in [9.17, 15) is 4.79 Å². The zero-order chi connectivity index (χ0) is 14.5. The second-order valence-electron chi connectivity index (χ2n) is 6.61. The zero-order valence-corrected chi connectivity index (χ0v) is 12.5. The van der Waals surface area contributed by atoms with Gasteiger partial charge in [-0.1, -0.05) is 40.5 Å². The van der Waals surface area contributed by atoms with Crippen molar-refractivity contribution in [2.75, 3.05) is 6.61 Å². The van der Waals surface area contributed by atoms with Crippen LogP contribution in [-0.2, 0) is 9.53 Å². The van der Waals surface area contributed by atoms with Gasteiger partial charge < -0.3 is 10.1 Å². The molecule has 1 rings (SSSR count). The van der Waals surface area contributed by atoms with Crippen LogP contribution >= 0.6 is 0 Å². The molecule has 3 atom stereocenters. The van der Waals surface area contributed by atoms with Crippen LogP contribution in [0.1, 0.15) is 53.4 Å². The highest BCUT2D eigenvalue weighted by atomic mass is 16.5. The fraction of sp³-hybridized carbons (Fsp3) is 0.867. The first-order chi connectivity index (χ1) is 8.84. The molecule has 0 spiro atoms. The monoisotopic (exact) mass is 266 g/mol.